The van der Waals surface area contributed by atoms with Gasteiger partial charge in [0.05, 0.1) is 0 Å². The van der Waals surface area contributed by atoms with Crippen molar-refractivity contribution in [1.29, 1.82) is 0 Å². The van der Waals surface area contributed by atoms with Crippen molar-refractivity contribution >= 4 is 6.01 Å². The molecule has 2 N–H and O–H groups in total. The van der Waals surface area contributed by atoms with Gasteiger partial charge in [0, 0.05) is 13.1 Å². The topological polar surface area (TPSA) is 68.2 Å². The Labute approximate surface area is 76.9 Å². The molecule has 0 aliphatic carbocycles. The highest BCUT2D eigenvalue weighted by Crippen LogP contribution is 2.20. The summed E-state index contributed by atoms with van der Waals surface area (Å²) in [5, 5.41) is 7.52. The highest BCUT2D eigenvalue weighted by Gasteiger charge is 2.20. The molecule has 0 atom stereocenters. The van der Waals surface area contributed by atoms with Crippen LogP contribution < -0.4 is 10.6 Å². The Morgan fingerprint density at radius 3 is 2.85 bits per heavy atom. The largest absolute Gasteiger partial charge is 0.411 e. The van der Waals surface area contributed by atoms with E-state index in [1.54, 1.807) is 0 Å². The van der Waals surface area contributed by atoms with E-state index < -0.39 is 0 Å². The van der Waals surface area contributed by atoms with Crippen LogP contribution in [0, 0.1) is 5.92 Å². The van der Waals surface area contributed by atoms with Gasteiger partial charge in [0.1, 0.15) is 0 Å². The highest BCUT2D eigenvalue weighted by atomic mass is 16.4. The number of rotatable bonds is 2. The van der Waals surface area contributed by atoms with Crippen LogP contribution in [0.5, 0.6) is 0 Å². The van der Waals surface area contributed by atoms with Gasteiger partial charge >= 0.3 is 6.01 Å². The molecule has 0 spiro atoms. The zero-order chi connectivity index (χ0) is 9.10. The first-order valence-electron chi connectivity index (χ1n) is 4.61. The lowest BCUT2D eigenvalue weighted by Crippen LogP contribution is -2.36. The first kappa shape index (κ1) is 8.50. The maximum Gasteiger partial charge on any atom is 0.317 e. The van der Waals surface area contributed by atoms with Crippen LogP contribution >= 0.6 is 0 Å². The molecule has 1 aromatic heterocycles. The molecule has 0 saturated carbocycles. The van der Waals surface area contributed by atoms with Crippen LogP contribution in [0.15, 0.2) is 10.8 Å². The average Bonchev–Trinajstić information content (AvgIpc) is 2.71. The van der Waals surface area contributed by atoms with E-state index in [1.807, 2.05) is 0 Å². The van der Waals surface area contributed by atoms with Crippen LogP contribution in [0.1, 0.15) is 12.8 Å². The number of nitrogens with zero attached hydrogens (tertiary/aromatic N) is 3. The molecule has 1 aromatic rings. The van der Waals surface area contributed by atoms with Gasteiger partial charge in [0.15, 0.2) is 0 Å². The molecule has 0 aromatic carbocycles. The predicted octanol–water partition coefficient (Wildman–Crippen LogP) is 0.245. The Morgan fingerprint density at radius 2 is 2.31 bits per heavy atom. The molecule has 0 bridgehead atoms. The molecule has 2 heterocycles. The molecule has 1 aliphatic rings. The van der Waals surface area contributed by atoms with E-state index in [0.29, 0.717) is 11.9 Å². The Morgan fingerprint density at radius 1 is 1.54 bits per heavy atom. The van der Waals surface area contributed by atoms with Crippen molar-refractivity contribution in [3.05, 3.63) is 6.39 Å². The molecule has 1 aliphatic heterocycles. The number of aromatic nitrogens is 2. The van der Waals surface area contributed by atoms with E-state index >= 15 is 0 Å². The van der Waals surface area contributed by atoms with Crippen LogP contribution in [0.2, 0.25) is 0 Å². The number of nitrogens with two attached hydrogens (primary N) is 1. The summed E-state index contributed by atoms with van der Waals surface area (Å²) in [6.45, 7) is 2.74. The fourth-order valence-corrected chi connectivity index (χ4v) is 1.66. The lowest BCUT2D eigenvalue weighted by Gasteiger charge is -2.29. The van der Waals surface area contributed by atoms with Gasteiger partial charge in [-0.3, -0.25) is 0 Å². The lowest BCUT2D eigenvalue weighted by molar-refractivity contribution is 0.394. The summed E-state index contributed by atoms with van der Waals surface area (Å²) in [5.74, 6) is 0.666. The summed E-state index contributed by atoms with van der Waals surface area (Å²) >= 11 is 0. The third kappa shape index (κ3) is 1.80. The molecule has 0 radical (unpaired) electrons. The van der Waals surface area contributed by atoms with Crippen LogP contribution in [-0.2, 0) is 0 Å². The van der Waals surface area contributed by atoms with Crippen LogP contribution in [0.3, 0.4) is 0 Å². The molecule has 1 fully saturated rings. The maximum atomic E-state index is 5.60. The normalized spacial score (nSPS) is 19.3. The summed E-state index contributed by atoms with van der Waals surface area (Å²) in [4.78, 5) is 2.11. The van der Waals surface area contributed by atoms with Crippen molar-refractivity contribution in [2.24, 2.45) is 11.7 Å². The molecular weight excluding hydrogens is 168 g/mol. The minimum absolute atomic E-state index is 0.635. The zero-order valence-electron chi connectivity index (χ0n) is 7.52. The Bertz CT molecular complexity index is 241. The first-order chi connectivity index (χ1) is 6.40. The molecule has 72 valence electrons. The van der Waals surface area contributed by atoms with E-state index in [0.717, 1.165) is 32.5 Å². The molecule has 5 heteroatoms. The fraction of sp³-hybridized carbons (Fsp3) is 0.750. The summed E-state index contributed by atoms with van der Waals surface area (Å²) in [6, 6.07) is 0.635. The van der Waals surface area contributed by atoms with Crippen LogP contribution in [0.25, 0.3) is 0 Å². The molecule has 2 rings (SSSR count). The molecule has 0 amide bonds. The van der Waals surface area contributed by atoms with E-state index in [4.69, 9.17) is 10.2 Å². The van der Waals surface area contributed by atoms with Crippen molar-refractivity contribution in [1.82, 2.24) is 10.2 Å². The Hall–Kier alpha value is -1.10. The molecule has 13 heavy (non-hydrogen) atoms. The third-order valence-corrected chi connectivity index (χ3v) is 2.57. The second-order valence-corrected chi connectivity index (χ2v) is 3.39. The van der Waals surface area contributed by atoms with Gasteiger partial charge in [-0.25, -0.2) is 0 Å². The molecular formula is C8H14N4O. The SMILES string of the molecule is NCC1CCN(c2nnco2)CC1. The Kier molecular flexibility index (Phi) is 2.44. The zero-order valence-corrected chi connectivity index (χ0v) is 7.52. The summed E-state index contributed by atoms with van der Waals surface area (Å²) in [5.41, 5.74) is 5.60. The summed E-state index contributed by atoms with van der Waals surface area (Å²) in [6.07, 6.45) is 3.61. The van der Waals surface area contributed by atoms with Gasteiger partial charge in [0.25, 0.3) is 0 Å². The molecule has 5 nitrogen and oxygen atoms in total. The van der Waals surface area contributed by atoms with Gasteiger partial charge in [-0.15, -0.1) is 5.10 Å². The van der Waals surface area contributed by atoms with Gasteiger partial charge in [-0.05, 0) is 25.3 Å². The van der Waals surface area contributed by atoms with E-state index in [1.165, 1.54) is 6.39 Å². The standard InChI is InChI=1S/C8H14N4O/c9-5-7-1-3-12(4-2-7)8-11-10-6-13-8/h6-7H,1-5,9H2. The van der Waals surface area contributed by atoms with Crippen molar-refractivity contribution < 1.29 is 4.42 Å². The van der Waals surface area contributed by atoms with E-state index in [-0.39, 0.29) is 0 Å². The highest BCUT2D eigenvalue weighted by molar-refractivity contribution is 5.23. The second-order valence-electron chi connectivity index (χ2n) is 3.39. The van der Waals surface area contributed by atoms with E-state index in [2.05, 4.69) is 15.1 Å². The molecule has 0 unspecified atom stereocenters. The van der Waals surface area contributed by atoms with Gasteiger partial charge in [0.2, 0.25) is 6.39 Å². The van der Waals surface area contributed by atoms with E-state index in [9.17, 15) is 0 Å². The van der Waals surface area contributed by atoms with Crippen LogP contribution in [-0.4, -0.2) is 29.8 Å². The van der Waals surface area contributed by atoms with Crippen molar-refractivity contribution in [2.75, 3.05) is 24.5 Å². The number of hydrogen-bond donors (Lipinski definition) is 1. The third-order valence-electron chi connectivity index (χ3n) is 2.57. The van der Waals surface area contributed by atoms with Crippen LogP contribution in [0.4, 0.5) is 6.01 Å². The quantitative estimate of drug-likeness (QED) is 0.709. The fourth-order valence-electron chi connectivity index (χ4n) is 1.66. The van der Waals surface area contributed by atoms with Crippen molar-refractivity contribution in [3.8, 4) is 0 Å². The van der Waals surface area contributed by atoms with Gasteiger partial charge < -0.3 is 15.1 Å². The Balaban J connectivity index is 1.92. The smallest absolute Gasteiger partial charge is 0.317 e. The number of piperidine rings is 1. The lowest BCUT2D eigenvalue weighted by atomic mass is 9.97. The van der Waals surface area contributed by atoms with Gasteiger partial charge in [-0.1, -0.05) is 5.10 Å². The summed E-state index contributed by atoms with van der Waals surface area (Å²) in [7, 11) is 0. The predicted molar refractivity (Wildman–Crippen MR) is 48.3 cm³/mol. The minimum atomic E-state index is 0.635. The monoisotopic (exact) mass is 182 g/mol. The minimum Gasteiger partial charge on any atom is -0.411 e. The number of hydrogen-bond acceptors (Lipinski definition) is 5. The second kappa shape index (κ2) is 3.74. The summed E-state index contributed by atoms with van der Waals surface area (Å²) < 4.78 is 5.11. The van der Waals surface area contributed by atoms with Crippen molar-refractivity contribution in [3.63, 3.8) is 0 Å². The van der Waals surface area contributed by atoms with Crippen molar-refractivity contribution in [2.45, 2.75) is 12.8 Å². The number of anilines is 1. The first-order valence-corrected chi connectivity index (χ1v) is 4.61. The average molecular weight is 182 g/mol. The molecule has 1 saturated heterocycles. The maximum absolute atomic E-state index is 5.60. The van der Waals surface area contributed by atoms with Gasteiger partial charge in [-0.2, -0.15) is 0 Å².